The number of esters is 1. The van der Waals surface area contributed by atoms with Crippen LogP contribution in [-0.2, 0) is 9.53 Å². The van der Waals surface area contributed by atoms with Gasteiger partial charge in [0.15, 0.2) is 0 Å². The first-order valence-electron chi connectivity index (χ1n) is 6.01. The van der Waals surface area contributed by atoms with Gasteiger partial charge in [-0.1, -0.05) is 6.42 Å². The molecule has 16 heavy (non-hydrogen) atoms. The van der Waals surface area contributed by atoms with E-state index in [9.17, 15) is 4.79 Å². The number of ether oxygens (including phenoxy) is 1. The first-order chi connectivity index (χ1) is 7.38. The predicted octanol–water partition coefficient (Wildman–Crippen LogP) is 1.14. The van der Waals surface area contributed by atoms with Crippen LogP contribution in [0.25, 0.3) is 0 Å². The summed E-state index contributed by atoms with van der Waals surface area (Å²) in [5, 5.41) is 0. The quantitative estimate of drug-likeness (QED) is 0.736. The number of rotatable bonds is 3. The molecule has 1 aliphatic rings. The van der Waals surface area contributed by atoms with Crippen LogP contribution >= 0.6 is 0 Å². The maximum absolute atomic E-state index is 11.5. The van der Waals surface area contributed by atoms with E-state index in [0.29, 0.717) is 18.6 Å². The van der Waals surface area contributed by atoms with E-state index < -0.39 is 5.54 Å². The highest BCUT2D eigenvalue weighted by atomic mass is 16.5. The molecule has 0 aliphatic carbocycles. The van der Waals surface area contributed by atoms with Gasteiger partial charge in [0.05, 0.1) is 7.11 Å². The molecule has 1 saturated heterocycles. The molecule has 4 heteroatoms. The molecule has 0 saturated carbocycles. The van der Waals surface area contributed by atoms with Crippen LogP contribution < -0.4 is 5.73 Å². The second kappa shape index (κ2) is 5.15. The summed E-state index contributed by atoms with van der Waals surface area (Å²) in [6, 6.07) is 0.993. The molecule has 0 spiro atoms. The van der Waals surface area contributed by atoms with Crippen LogP contribution in [0.3, 0.4) is 0 Å². The number of piperidine rings is 1. The summed E-state index contributed by atoms with van der Waals surface area (Å²) in [6.07, 6.45) is 3.63. The van der Waals surface area contributed by atoms with Crippen molar-refractivity contribution >= 4 is 5.97 Å². The van der Waals surface area contributed by atoms with Crippen molar-refractivity contribution in [3.8, 4) is 0 Å². The van der Waals surface area contributed by atoms with Crippen molar-refractivity contribution in [1.29, 1.82) is 0 Å². The Balaban J connectivity index is 2.67. The molecule has 94 valence electrons. The van der Waals surface area contributed by atoms with Gasteiger partial charge >= 0.3 is 5.97 Å². The molecule has 3 atom stereocenters. The lowest BCUT2D eigenvalue weighted by Crippen LogP contribution is -2.58. The summed E-state index contributed by atoms with van der Waals surface area (Å²) in [7, 11) is 1.39. The fourth-order valence-electron chi connectivity index (χ4n) is 2.46. The zero-order valence-corrected chi connectivity index (χ0v) is 10.8. The van der Waals surface area contributed by atoms with E-state index in [2.05, 4.69) is 18.7 Å². The summed E-state index contributed by atoms with van der Waals surface area (Å²) in [6.45, 7) is 6.71. The highest BCUT2D eigenvalue weighted by Gasteiger charge is 2.36. The first kappa shape index (κ1) is 13.5. The number of methoxy groups -OCH3 is 1. The van der Waals surface area contributed by atoms with Crippen LogP contribution in [0.15, 0.2) is 0 Å². The van der Waals surface area contributed by atoms with Crippen molar-refractivity contribution < 1.29 is 9.53 Å². The van der Waals surface area contributed by atoms with Gasteiger partial charge in [-0.3, -0.25) is 9.69 Å². The Bertz CT molecular complexity index is 243. The Labute approximate surface area is 98.1 Å². The molecule has 1 rings (SSSR count). The van der Waals surface area contributed by atoms with Crippen LogP contribution in [0, 0.1) is 0 Å². The Morgan fingerprint density at radius 3 is 2.38 bits per heavy atom. The number of hydrogen-bond donors (Lipinski definition) is 1. The van der Waals surface area contributed by atoms with Gasteiger partial charge in [-0.2, -0.15) is 0 Å². The second-order valence-corrected chi connectivity index (χ2v) is 5.21. The smallest absolute Gasteiger partial charge is 0.326 e. The van der Waals surface area contributed by atoms with Gasteiger partial charge in [-0.05, 0) is 33.6 Å². The van der Waals surface area contributed by atoms with E-state index in [4.69, 9.17) is 10.5 Å². The molecule has 2 N–H and O–H groups in total. The lowest BCUT2D eigenvalue weighted by molar-refractivity contribution is -0.147. The lowest BCUT2D eigenvalue weighted by atomic mass is 9.94. The van der Waals surface area contributed by atoms with E-state index in [1.807, 2.05) is 0 Å². The monoisotopic (exact) mass is 228 g/mol. The molecule has 0 aromatic heterocycles. The van der Waals surface area contributed by atoms with Crippen molar-refractivity contribution in [1.82, 2.24) is 4.90 Å². The van der Waals surface area contributed by atoms with Gasteiger partial charge in [-0.15, -0.1) is 0 Å². The van der Waals surface area contributed by atoms with Gasteiger partial charge in [0, 0.05) is 18.6 Å². The van der Waals surface area contributed by atoms with Gasteiger partial charge in [0.25, 0.3) is 0 Å². The van der Waals surface area contributed by atoms with Gasteiger partial charge < -0.3 is 10.5 Å². The molecule has 0 radical (unpaired) electrons. The van der Waals surface area contributed by atoms with Crippen molar-refractivity contribution in [2.24, 2.45) is 5.73 Å². The summed E-state index contributed by atoms with van der Waals surface area (Å²) in [5.41, 5.74) is 5.10. The number of hydrogen-bond acceptors (Lipinski definition) is 4. The Kier molecular flexibility index (Phi) is 4.33. The minimum Gasteiger partial charge on any atom is -0.468 e. The third-order valence-corrected chi connectivity index (χ3v) is 3.54. The highest BCUT2D eigenvalue weighted by molar-refractivity contribution is 5.80. The summed E-state index contributed by atoms with van der Waals surface area (Å²) in [4.78, 5) is 13.9. The van der Waals surface area contributed by atoms with Crippen molar-refractivity contribution in [2.45, 2.75) is 57.7 Å². The minimum atomic E-state index is -0.908. The third kappa shape index (κ3) is 2.95. The molecule has 3 unspecified atom stereocenters. The number of nitrogens with zero attached hydrogens (tertiary/aromatic N) is 1. The van der Waals surface area contributed by atoms with Crippen LogP contribution in [0.5, 0.6) is 0 Å². The molecule has 1 fully saturated rings. The number of nitrogens with two attached hydrogens (primary N) is 1. The Hall–Kier alpha value is -0.610. The molecule has 1 heterocycles. The molecular weight excluding hydrogens is 204 g/mol. The Morgan fingerprint density at radius 2 is 1.94 bits per heavy atom. The maximum Gasteiger partial charge on any atom is 0.326 e. The van der Waals surface area contributed by atoms with E-state index in [0.717, 1.165) is 0 Å². The van der Waals surface area contributed by atoms with Crippen LogP contribution in [0.4, 0.5) is 0 Å². The SMILES string of the molecule is COC(=O)C(C)(N)CN1C(C)CCCC1C. The molecule has 0 amide bonds. The average molecular weight is 228 g/mol. The molecule has 4 nitrogen and oxygen atoms in total. The molecule has 0 bridgehead atoms. The van der Waals surface area contributed by atoms with Gasteiger partial charge in [0.2, 0.25) is 0 Å². The van der Waals surface area contributed by atoms with Crippen LogP contribution in [0.1, 0.15) is 40.0 Å². The van der Waals surface area contributed by atoms with Gasteiger partial charge in [-0.25, -0.2) is 0 Å². The fraction of sp³-hybridized carbons (Fsp3) is 0.917. The fourth-order valence-corrected chi connectivity index (χ4v) is 2.46. The standard InChI is InChI=1S/C12H24N2O2/c1-9-6-5-7-10(2)14(9)8-12(3,13)11(15)16-4/h9-10H,5-8,13H2,1-4H3. The summed E-state index contributed by atoms with van der Waals surface area (Å²) in [5.74, 6) is -0.336. The Morgan fingerprint density at radius 1 is 1.44 bits per heavy atom. The highest BCUT2D eigenvalue weighted by Crippen LogP contribution is 2.24. The number of likely N-dealkylation sites (tertiary alicyclic amines) is 1. The van der Waals surface area contributed by atoms with Crippen LogP contribution in [-0.4, -0.2) is 42.1 Å². The third-order valence-electron chi connectivity index (χ3n) is 3.54. The van der Waals surface area contributed by atoms with E-state index in [1.54, 1.807) is 6.92 Å². The average Bonchev–Trinajstić information content (AvgIpc) is 2.22. The first-order valence-corrected chi connectivity index (χ1v) is 6.01. The molecular formula is C12H24N2O2. The molecule has 0 aromatic rings. The lowest BCUT2D eigenvalue weighted by Gasteiger charge is -2.42. The predicted molar refractivity (Wildman–Crippen MR) is 64.1 cm³/mol. The normalized spacial score (nSPS) is 30.8. The van der Waals surface area contributed by atoms with Crippen LogP contribution in [0.2, 0.25) is 0 Å². The number of carbonyl (C=O) groups is 1. The topological polar surface area (TPSA) is 55.6 Å². The molecule has 1 aliphatic heterocycles. The largest absolute Gasteiger partial charge is 0.468 e. The summed E-state index contributed by atoms with van der Waals surface area (Å²) < 4.78 is 4.74. The van der Waals surface area contributed by atoms with Crippen molar-refractivity contribution in [3.05, 3.63) is 0 Å². The zero-order chi connectivity index (χ0) is 12.3. The van der Waals surface area contributed by atoms with Gasteiger partial charge in [0.1, 0.15) is 5.54 Å². The summed E-state index contributed by atoms with van der Waals surface area (Å²) >= 11 is 0. The molecule has 0 aromatic carbocycles. The number of carbonyl (C=O) groups excluding carboxylic acids is 1. The zero-order valence-electron chi connectivity index (χ0n) is 10.8. The minimum absolute atomic E-state index is 0.336. The maximum atomic E-state index is 11.5. The van der Waals surface area contributed by atoms with E-state index in [-0.39, 0.29) is 5.97 Å². The van der Waals surface area contributed by atoms with Crippen molar-refractivity contribution in [3.63, 3.8) is 0 Å². The van der Waals surface area contributed by atoms with E-state index >= 15 is 0 Å². The second-order valence-electron chi connectivity index (χ2n) is 5.21. The van der Waals surface area contributed by atoms with E-state index in [1.165, 1.54) is 26.4 Å². The van der Waals surface area contributed by atoms with Crippen molar-refractivity contribution in [2.75, 3.05) is 13.7 Å².